The van der Waals surface area contributed by atoms with E-state index in [4.69, 9.17) is 9.84 Å². The molecule has 0 radical (unpaired) electrons. The molecule has 0 unspecified atom stereocenters. The molecule has 2 aliphatic rings. The quantitative estimate of drug-likeness (QED) is 0.709. The lowest BCUT2D eigenvalue weighted by Gasteiger charge is -2.17. The first-order chi connectivity index (χ1) is 5.79. The molecule has 0 amide bonds. The molecule has 12 heavy (non-hydrogen) atoms. The van der Waals surface area contributed by atoms with Crippen molar-refractivity contribution in [3.05, 3.63) is 10.7 Å². The lowest BCUT2D eigenvalue weighted by atomic mass is 10.3. The van der Waals surface area contributed by atoms with Gasteiger partial charge in [-0.25, -0.2) is 4.79 Å². The van der Waals surface area contributed by atoms with Gasteiger partial charge in [-0.15, -0.1) is 11.8 Å². The number of aliphatic carboxylic acids is 1. The monoisotopic (exact) mass is 186 g/mol. The van der Waals surface area contributed by atoms with E-state index < -0.39 is 5.97 Å². The minimum Gasteiger partial charge on any atom is -0.495 e. The van der Waals surface area contributed by atoms with Crippen LogP contribution >= 0.6 is 11.8 Å². The molecular formula is C8H10O3S. The fourth-order valence-electron chi connectivity index (χ4n) is 1.25. The number of hydrogen-bond donors (Lipinski definition) is 1. The highest BCUT2D eigenvalue weighted by Crippen LogP contribution is 2.42. The molecule has 1 aliphatic heterocycles. The Balaban J connectivity index is 2.23. The Bertz CT molecular complexity index is 243. The molecule has 1 heterocycles. The van der Waals surface area contributed by atoms with Gasteiger partial charge in [-0.2, -0.15) is 0 Å². The molecule has 0 aromatic carbocycles. The Labute approximate surface area is 74.8 Å². The van der Waals surface area contributed by atoms with Crippen LogP contribution in [0.15, 0.2) is 10.7 Å². The van der Waals surface area contributed by atoms with Crippen LogP contribution in [-0.4, -0.2) is 23.4 Å². The second kappa shape index (κ2) is 3.01. The van der Waals surface area contributed by atoms with E-state index in [0.29, 0.717) is 17.4 Å². The predicted molar refractivity (Wildman–Crippen MR) is 45.8 cm³/mol. The highest BCUT2D eigenvalue weighted by Gasteiger charge is 2.34. The number of ether oxygens (including phenoxy) is 1. The summed E-state index contributed by atoms with van der Waals surface area (Å²) < 4.78 is 5.35. The molecule has 1 N–H and O–H groups in total. The summed E-state index contributed by atoms with van der Waals surface area (Å²) in [6, 6.07) is 0. The van der Waals surface area contributed by atoms with Crippen LogP contribution in [0.2, 0.25) is 0 Å². The Morgan fingerprint density at radius 1 is 1.58 bits per heavy atom. The van der Waals surface area contributed by atoms with E-state index >= 15 is 0 Å². The molecule has 1 saturated carbocycles. The fraction of sp³-hybridized carbons (Fsp3) is 0.625. The normalized spacial score (nSPS) is 23.7. The lowest BCUT2D eigenvalue weighted by Crippen LogP contribution is -2.13. The summed E-state index contributed by atoms with van der Waals surface area (Å²) in [5, 5.41) is 8.83. The third kappa shape index (κ3) is 1.43. The molecule has 0 spiro atoms. The zero-order chi connectivity index (χ0) is 8.55. The maximum Gasteiger partial charge on any atom is 0.345 e. The van der Waals surface area contributed by atoms with E-state index in [2.05, 4.69) is 0 Å². The maximum absolute atomic E-state index is 10.7. The van der Waals surface area contributed by atoms with E-state index in [1.807, 2.05) is 0 Å². The van der Waals surface area contributed by atoms with Crippen molar-refractivity contribution in [3.63, 3.8) is 0 Å². The number of rotatable bonds is 2. The Morgan fingerprint density at radius 2 is 2.33 bits per heavy atom. The summed E-state index contributed by atoms with van der Waals surface area (Å²) >= 11 is 1.40. The SMILES string of the molecule is O=C(O)C1=C(C2CC2)OCCS1. The van der Waals surface area contributed by atoms with Gasteiger partial charge in [0, 0.05) is 11.7 Å². The molecule has 0 bridgehead atoms. The van der Waals surface area contributed by atoms with Gasteiger partial charge in [-0.1, -0.05) is 0 Å². The Morgan fingerprint density at radius 3 is 2.92 bits per heavy atom. The van der Waals surface area contributed by atoms with E-state index in [1.165, 1.54) is 11.8 Å². The number of carboxylic acid groups (broad SMARTS) is 1. The average molecular weight is 186 g/mol. The van der Waals surface area contributed by atoms with Gasteiger partial charge in [0.25, 0.3) is 0 Å². The third-order valence-electron chi connectivity index (χ3n) is 1.95. The zero-order valence-electron chi connectivity index (χ0n) is 6.58. The molecule has 4 heteroatoms. The highest BCUT2D eigenvalue weighted by molar-refractivity contribution is 8.04. The van der Waals surface area contributed by atoms with Gasteiger partial charge in [0.1, 0.15) is 10.7 Å². The van der Waals surface area contributed by atoms with Crippen molar-refractivity contribution in [2.75, 3.05) is 12.4 Å². The lowest BCUT2D eigenvalue weighted by molar-refractivity contribution is -0.132. The van der Waals surface area contributed by atoms with Crippen LogP contribution in [0.25, 0.3) is 0 Å². The van der Waals surface area contributed by atoms with Crippen molar-refractivity contribution >= 4 is 17.7 Å². The number of allylic oxidation sites excluding steroid dienone is 1. The molecule has 0 saturated heterocycles. The number of hydrogen-bond acceptors (Lipinski definition) is 3. The van der Waals surface area contributed by atoms with Gasteiger partial charge in [-0.05, 0) is 12.8 Å². The fourth-order valence-corrected chi connectivity index (χ4v) is 2.11. The maximum atomic E-state index is 10.7. The molecular weight excluding hydrogens is 176 g/mol. The standard InChI is InChI=1S/C8H10O3S/c9-8(10)7-6(5-1-2-5)11-3-4-12-7/h5H,1-4H2,(H,9,10). The van der Waals surface area contributed by atoms with Gasteiger partial charge >= 0.3 is 5.97 Å². The first-order valence-electron chi connectivity index (χ1n) is 4.02. The Kier molecular flexibility index (Phi) is 2.00. The van der Waals surface area contributed by atoms with E-state index in [9.17, 15) is 4.79 Å². The summed E-state index contributed by atoms with van der Waals surface area (Å²) in [6.45, 7) is 0.660. The van der Waals surface area contributed by atoms with Crippen molar-refractivity contribution < 1.29 is 14.6 Å². The number of carboxylic acids is 1. The van der Waals surface area contributed by atoms with Gasteiger partial charge < -0.3 is 9.84 Å². The van der Waals surface area contributed by atoms with Crippen LogP contribution < -0.4 is 0 Å². The molecule has 0 aromatic rings. The van der Waals surface area contributed by atoms with Crippen LogP contribution in [0.5, 0.6) is 0 Å². The summed E-state index contributed by atoms with van der Waals surface area (Å²) in [7, 11) is 0. The molecule has 3 nitrogen and oxygen atoms in total. The molecule has 0 aromatic heterocycles. The minimum absolute atomic E-state index is 0.406. The first-order valence-corrected chi connectivity index (χ1v) is 5.00. The minimum atomic E-state index is -0.832. The van der Waals surface area contributed by atoms with Crippen LogP contribution in [0, 0.1) is 5.92 Å². The van der Waals surface area contributed by atoms with Crippen LogP contribution in [-0.2, 0) is 9.53 Å². The van der Waals surface area contributed by atoms with E-state index in [1.54, 1.807) is 0 Å². The predicted octanol–water partition coefficient (Wildman–Crippen LogP) is 1.46. The summed E-state index contributed by atoms with van der Waals surface area (Å²) in [5.74, 6) is 1.07. The van der Waals surface area contributed by atoms with Crippen molar-refractivity contribution in [1.82, 2.24) is 0 Å². The van der Waals surface area contributed by atoms with Crippen molar-refractivity contribution in [3.8, 4) is 0 Å². The largest absolute Gasteiger partial charge is 0.495 e. The van der Waals surface area contributed by atoms with Gasteiger partial charge in [-0.3, -0.25) is 0 Å². The summed E-state index contributed by atoms with van der Waals surface area (Å²) in [4.78, 5) is 11.2. The molecule has 1 aliphatic carbocycles. The summed E-state index contributed by atoms with van der Waals surface area (Å²) in [5.41, 5.74) is 0. The average Bonchev–Trinajstić information content (AvgIpc) is 2.87. The summed E-state index contributed by atoms with van der Waals surface area (Å²) in [6.07, 6.45) is 2.18. The smallest absolute Gasteiger partial charge is 0.345 e. The topological polar surface area (TPSA) is 46.5 Å². The van der Waals surface area contributed by atoms with Crippen molar-refractivity contribution in [2.45, 2.75) is 12.8 Å². The van der Waals surface area contributed by atoms with E-state index in [0.717, 1.165) is 24.4 Å². The number of thioether (sulfide) groups is 1. The number of carbonyl (C=O) groups is 1. The molecule has 0 atom stereocenters. The Hall–Kier alpha value is -0.640. The second-order valence-electron chi connectivity index (χ2n) is 2.97. The van der Waals surface area contributed by atoms with Gasteiger partial charge in [0.2, 0.25) is 0 Å². The molecule has 66 valence electrons. The first kappa shape index (κ1) is 7.98. The second-order valence-corrected chi connectivity index (χ2v) is 4.07. The van der Waals surface area contributed by atoms with Crippen molar-refractivity contribution in [1.29, 1.82) is 0 Å². The van der Waals surface area contributed by atoms with Gasteiger partial charge in [0.05, 0.1) is 6.61 Å². The van der Waals surface area contributed by atoms with Crippen molar-refractivity contribution in [2.24, 2.45) is 5.92 Å². The molecule has 2 rings (SSSR count). The van der Waals surface area contributed by atoms with Crippen LogP contribution in [0.1, 0.15) is 12.8 Å². The zero-order valence-corrected chi connectivity index (χ0v) is 7.39. The van der Waals surface area contributed by atoms with Crippen LogP contribution in [0.4, 0.5) is 0 Å². The molecule has 1 fully saturated rings. The van der Waals surface area contributed by atoms with Gasteiger partial charge in [0.15, 0.2) is 0 Å². The third-order valence-corrected chi connectivity index (χ3v) is 2.99. The van der Waals surface area contributed by atoms with Crippen LogP contribution in [0.3, 0.4) is 0 Å². The van der Waals surface area contributed by atoms with E-state index in [-0.39, 0.29) is 0 Å². The highest BCUT2D eigenvalue weighted by atomic mass is 32.2.